The third-order valence-corrected chi connectivity index (χ3v) is 4.94. The number of methoxy groups -OCH3 is 1. The fourth-order valence-electron chi connectivity index (χ4n) is 3.73. The van der Waals surface area contributed by atoms with Crippen LogP contribution in [0.1, 0.15) is 56.2 Å². The summed E-state index contributed by atoms with van der Waals surface area (Å²) >= 11 is 0. The van der Waals surface area contributed by atoms with Gasteiger partial charge in [0.25, 0.3) is 0 Å². The van der Waals surface area contributed by atoms with E-state index < -0.39 is 0 Å². The van der Waals surface area contributed by atoms with Gasteiger partial charge in [0.15, 0.2) is 0 Å². The third-order valence-electron chi connectivity index (χ3n) is 4.94. The van der Waals surface area contributed by atoms with Gasteiger partial charge < -0.3 is 10.1 Å². The number of aryl methyl sites for hydroxylation is 1. The Morgan fingerprint density at radius 1 is 1.16 bits per heavy atom. The minimum Gasteiger partial charge on any atom is -0.497 e. The summed E-state index contributed by atoms with van der Waals surface area (Å²) in [6.45, 7) is 2.39. The second kappa shape index (κ2) is 5.54. The van der Waals surface area contributed by atoms with Crippen molar-refractivity contribution < 1.29 is 4.74 Å². The van der Waals surface area contributed by atoms with E-state index in [2.05, 4.69) is 30.4 Å². The van der Waals surface area contributed by atoms with Gasteiger partial charge in [-0.15, -0.1) is 0 Å². The molecule has 0 heterocycles. The maximum Gasteiger partial charge on any atom is 0.119 e. The lowest BCUT2D eigenvalue weighted by atomic mass is 9.86. The van der Waals surface area contributed by atoms with Crippen molar-refractivity contribution in [2.75, 3.05) is 7.11 Å². The first-order chi connectivity index (χ1) is 9.28. The van der Waals surface area contributed by atoms with E-state index in [0.29, 0.717) is 12.1 Å². The van der Waals surface area contributed by atoms with Crippen molar-refractivity contribution in [3.63, 3.8) is 0 Å². The lowest BCUT2D eigenvalue weighted by Crippen LogP contribution is -2.36. The van der Waals surface area contributed by atoms with Crippen LogP contribution in [0.5, 0.6) is 5.75 Å². The molecule has 104 valence electrons. The molecule has 19 heavy (non-hydrogen) atoms. The molecule has 3 atom stereocenters. The molecule has 0 bridgehead atoms. The summed E-state index contributed by atoms with van der Waals surface area (Å²) in [6, 6.07) is 7.83. The highest BCUT2D eigenvalue weighted by atomic mass is 16.5. The lowest BCUT2D eigenvalue weighted by Gasteiger charge is -2.31. The molecule has 2 nitrogen and oxygen atoms in total. The number of nitrogens with one attached hydrogen (secondary N) is 1. The van der Waals surface area contributed by atoms with Crippen molar-refractivity contribution in [2.24, 2.45) is 5.92 Å². The van der Waals surface area contributed by atoms with Gasteiger partial charge in [-0.05, 0) is 61.3 Å². The third kappa shape index (κ3) is 2.64. The average Bonchev–Trinajstić information content (AvgIpc) is 2.84. The first kappa shape index (κ1) is 13.0. The smallest absolute Gasteiger partial charge is 0.119 e. The highest BCUT2D eigenvalue weighted by Gasteiger charge is 2.28. The first-order valence-corrected chi connectivity index (χ1v) is 7.71. The molecule has 3 unspecified atom stereocenters. The largest absolute Gasteiger partial charge is 0.497 e. The van der Waals surface area contributed by atoms with Crippen molar-refractivity contribution in [1.82, 2.24) is 5.32 Å². The summed E-state index contributed by atoms with van der Waals surface area (Å²) < 4.78 is 5.39. The van der Waals surface area contributed by atoms with Gasteiger partial charge in [-0.25, -0.2) is 0 Å². The Morgan fingerprint density at radius 2 is 2.05 bits per heavy atom. The average molecular weight is 259 g/mol. The lowest BCUT2D eigenvalue weighted by molar-refractivity contribution is 0.348. The molecule has 0 radical (unpaired) electrons. The molecule has 0 aromatic heterocycles. The van der Waals surface area contributed by atoms with Crippen molar-refractivity contribution >= 4 is 0 Å². The molecule has 2 aliphatic rings. The van der Waals surface area contributed by atoms with Crippen LogP contribution in [0.15, 0.2) is 18.2 Å². The standard InChI is InChI=1S/C17H25NO/c1-12-5-3-7-16(12)18-17-8-4-6-13-9-10-14(19-2)11-15(13)17/h9-12,16-18H,3-8H2,1-2H3. The van der Waals surface area contributed by atoms with Gasteiger partial charge in [-0.3, -0.25) is 0 Å². The molecule has 1 saturated carbocycles. The van der Waals surface area contributed by atoms with Crippen LogP contribution in [0.3, 0.4) is 0 Å². The number of benzene rings is 1. The van der Waals surface area contributed by atoms with E-state index in [4.69, 9.17) is 4.74 Å². The number of fused-ring (bicyclic) bond motifs is 1. The highest BCUT2D eigenvalue weighted by Crippen LogP contribution is 2.35. The van der Waals surface area contributed by atoms with Gasteiger partial charge in [0, 0.05) is 12.1 Å². The quantitative estimate of drug-likeness (QED) is 0.890. The zero-order valence-corrected chi connectivity index (χ0v) is 12.1. The Bertz CT molecular complexity index is 443. The number of rotatable bonds is 3. The van der Waals surface area contributed by atoms with Crippen LogP contribution >= 0.6 is 0 Å². The molecule has 1 N–H and O–H groups in total. The predicted octanol–water partition coefficient (Wildman–Crippen LogP) is 3.85. The molecule has 2 heteroatoms. The van der Waals surface area contributed by atoms with Crippen molar-refractivity contribution in [3.05, 3.63) is 29.3 Å². The summed E-state index contributed by atoms with van der Waals surface area (Å²) in [5.74, 6) is 1.82. The molecule has 0 spiro atoms. The van der Waals surface area contributed by atoms with Gasteiger partial charge >= 0.3 is 0 Å². The van der Waals surface area contributed by atoms with Crippen LogP contribution in [0, 0.1) is 5.92 Å². The Labute approximate surface area is 116 Å². The van der Waals surface area contributed by atoms with Gasteiger partial charge in [-0.2, -0.15) is 0 Å². The fraction of sp³-hybridized carbons (Fsp3) is 0.647. The van der Waals surface area contributed by atoms with Gasteiger partial charge in [0.05, 0.1) is 7.11 Å². The summed E-state index contributed by atoms with van der Waals surface area (Å²) in [5.41, 5.74) is 2.99. The van der Waals surface area contributed by atoms with Crippen molar-refractivity contribution in [2.45, 2.75) is 57.5 Å². The predicted molar refractivity (Wildman–Crippen MR) is 78.6 cm³/mol. The molecule has 0 aliphatic heterocycles. The molecule has 0 amide bonds. The number of ether oxygens (including phenoxy) is 1. The fourth-order valence-corrected chi connectivity index (χ4v) is 3.73. The molecule has 1 aromatic rings. The topological polar surface area (TPSA) is 21.3 Å². The van der Waals surface area contributed by atoms with E-state index in [-0.39, 0.29) is 0 Å². The molecule has 0 saturated heterocycles. The normalized spacial score (nSPS) is 30.1. The van der Waals surface area contributed by atoms with Gasteiger partial charge in [0.2, 0.25) is 0 Å². The van der Waals surface area contributed by atoms with E-state index in [1.165, 1.54) is 49.7 Å². The Morgan fingerprint density at radius 3 is 2.79 bits per heavy atom. The van der Waals surface area contributed by atoms with Crippen molar-refractivity contribution in [1.29, 1.82) is 0 Å². The number of hydrogen-bond acceptors (Lipinski definition) is 2. The summed E-state index contributed by atoms with van der Waals surface area (Å²) in [6.07, 6.45) is 7.90. The highest BCUT2D eigenvalue weighted by molar-refractivity contribution is 5.39. The van der Waals surface area contributed by atoms with Crippen LogP contribution in [-0.4, -0.2) is 13.2 Å². The summed E-state index contributed by atoms with van der Waals surface area (Å²) in [5, 5.41) is 3.92. The second-order valence-electron chi connectivity index (χ2n) is 6.19. The zero-order valence-electron chi connectivity index (χ0n) is 12.1. The van der Waals surface area contributed by atoms with Gasteiger partial charge in [0.1, 0.15) is 5.75 Å². The van der Waals surface area contributed by atoms with Crippen LogP contribution in [0.25, 0.3) is 0 Å². The van der Waals surface area contributed by atoms with Crippen LogP contribution in [-0.2, 0) is 6.42 Å². The zero-order chi connectivity index (χ0) is 13.2. The Kier molecular flexibility index (Phi) is 3.79. The van der Waals surface area contributed by atoms with E-state index in [1.54, 1.807) is 7.11 Å². The molecule has 2 aliphatic carbocycles. The second-order valence-corrected chi connectivity index (χ2v) is 6.19. The maximum atomic E-state index is 5.39. The molecule has 1 aromatic carbocycles. The minimum absolute atomic E-state index is 0.532. The van der Waals surface area contributed by atoms with E-state index >= 15 is 0 Å². The van der Waals surface area contributed by atoms with E-state index in [0.717, 1.165) is 11.7 Å². The van der Waals surface area contributed by atoms with Crippen LogP contribution in [0.2, 0.25) is 0 Å². The molecule has 3 rings (SSSR count). The SMILES string of the molecule is COc1ccc2c(c1)C(NC1CCCC1C)CCC2. The van der Waals surface area contributed by atoms with E-state index in [9.17, 15) is 0 Å². The molecular weight excluding hydrogens is 234 g/mol. The first-order valence-electron chi connectivity index (χ1n) is 7.71. The molecular formula is C17H25NO. The monoisotopic (exact) mass is 259 g/mol. The summed E-state index contributed by atoms with van der Waals surface area (Å²) in [4.78, 5) is 0. The minimum atomic E-state index is 0.532. The molecule has 1 fully saturated rings. The Hall–Kier alpha value is -1.02. The van der Waals surface area contributed by atoms with Crippen LogP contribution in [0.4, 0.5) is 0 Å². The van der Waals surface area contributed by atoms with E-state index in [1.807, 2.05) is 0 Å². The van der Waals surface area contributed by atoms with Crippen LogP contribution < -0.4 is 10.1 Å². The van der Waals surface area contributed by atoms with Gasteiger partial charge in [-0.1, -0.05) is 19.4 Å². The maximum absolute atomic E-state index is 5.39. The number of hydrogen-bond donors (Lipinski definition) is 1. The Balaban J connectivity index is 1.80. The van der Waals surface area contributed by atoms with Crippen molar-refractivity contribution in [3.8, 4) is 5.75 Å². The summed E-state index contributed by atoms with van der Waals surface area (Å²) in [7, 11) is 1.76.